The van der Waals surface area contributed by atoms with Gasteiger partial charge in [0.15, 0.2) is 0 Å². The van der Waals surface area contributed by atoms with Gasteiger partial charge in [-0.05, 0) is 89.0 Å². The Morgan fingerprint density at radius 3 is 2.61 bits per heavy atom. The normalized spacial score (nSPS) is 17.8. The Labute approximate surface area is 187 Å². The number of carbonyl (C=O) groups is 1. The summed E-state index contributed by atoms with van der Waals surface area (Å²) in [6.07, 6.45) is 13.1. The molecule has 5 nitrogen and oxygen atoms in total. The van der Waals surface area contributed by atoms with Crippen LogP contribution in [0.1, 0.15) is 87.0 Å². The predicted octanol–water partition coefficient (Wildman–Crippen LogP) is 6.36. The standard InChI is InChI=1S/C26H37NO4/c1-19-20(2)25-22(21(3)24(19)30-18-12-13-23(28)29)14-16-26(4,31-25)15-10-8-6-5-7-9-11-17-27/h10,15H,5-9,11-14,16,18H2,1-4H3,(H,28,29)/b15-10+. The molecule has 31 heavy (non-hydrogen) atoms. The van der Waals surface area contributed by atoms with Gasteiger partial charge in [0.2, 0.25) is 0 Å². The summed E-state index contributed by atoms with van der Waals surface area (Å²) in [7, 11) is 0. The number of benzene rings is 1. The van der Waals surface area contributed by atoms with Crippen LogP contribution in [0.2, 0.25) is 0 Å². The number of allylic oxidation sites excluding steroid dienone is 1. The van der Waals surface area contributed by atoms with Crippen LogP contribution in [0.15, 0.2) is 12.2 Å². The molecule has 0 fully saturated rings. The maximum atomic E-state index is 10.7. The van der Waals surface area contributed by atoms with Crippen molar-refractivity contribution in [2.45, 2.75) is 97.5 Å². The summed E-state index contributed by atoms with van der Waals surface area (Å²) in [5.41, 5.74) is 4.18. The van der Waals surface area contributed by atoms with E-state index in [9.17, 15) is 4.79 Å². The van der Waals surface area contributed by atoms with Gasteiger partial charge in [0.25, 0.3) is 0 Å². The van der Waals surface area contributed by atoms with Crippen LogP contribution >= 0.6 is 0 Å². The number of nitrogens with zero attached hydrogens (tertiary/aromatic N) is 1. The molecule has 0 spiro atoms. The lowest BCUT2D eigenvalue weighted by atomic mass is 9.86. The van der Waals surface area contributed by atoms with Gasteiger partial charge in [-0.3, -0.25) is 4.79 Å². The van der Waals surface area contributed by atoms with Crippen LogP contribution in [-0.4, -0.2) is 23.3 Å². The van der Waals surface area contributed by atoms with Crippen molar-refractivity contribution < 1.29 is 19.4 Å². The van der Waals surface area contributed by atoms with Crippen molar-refractivity contribution in [3.63, 3.8) is 0 Å². The molecule has 0 saturated heterocycles. The van der Waals surface area contributed by atoms with E-state index in [1.165, 1.54) is 12.0 Å². The molecule has 1 N–H and O–H groups in total. The molecule has 1 aromatic rings. The minimum Gasteiger partial charge on any atom is -0.493 e. The number of ether oxygens (including phenoxy) is 2. The molecule has 1 aromatic carbocycles. The van der Waals surface area contributed by atoms with Crippen LogP contribution in [0.3, 0.4) is 0 Å². The van der Waals surface area contributed by atoms with Crippen LogP contribution in [-0.2, 0) is 11.2 Å². The zero-order chi connectivity index (χ0) is 22.9. The van der Waals surface area contributed by atoms with Gasteiger partial charge >= 0.3 is 5.97 Å². The van der Waals surface area contributed by atoms with E-state index in [-0.39, 0.29) is 12.0 Å². The Balaban J connectivity index is 2.01. The lowest BCUT2D eigenvalue weighted by molar-refractivity contribution is -0.137. The number of aliphatic carboxylic acids is 1. The Hall–Kier alpha value is -2.48. The zero-order valence-electron chi connectivity index (χ0n) is 19.6. The second-order valence-corrected chi connectivity index (χ2v) is 8.79. The summed E-state index contributed by atoms with van der Waals surface area (Å²) < 4.78 is 12.5. The first-order valence-corrected chi connectivity index (χ1v) is 11.5. The summed E-state index contributed by atoms with van der Waals surface area (Å²) in [4.78, 5) is 10.7. The summed E-state index contributed by atoms with van der Waals surface area (Å²) in [6, 6.07) is 2.20. The smallest absolute Gasteiger partial charge is 0.303 e. The van der Waals surface area contributed by atoms with Crippen LogP contribution in [0, 0.1) is 32.1 Å². The molecule has 170 valence electrons. The summed E-state index contributed by atoms with van der Waals surface area (Å²) >= 11 is 0. The van der Waals surface area contributed by atoms with E-state index < -0.39 is 5.97 Å². The summed E-state index contributed by atoms with van der Waals surface area (Å²) in [5.74, 6) is 1.06. The van der Waals surface area contributed by atoms with Crippen LogP contribution in [0.4, 0.5) is 0 Å². The second-order valence-electron chi connectivity index (χ2n) is 8.79. The molecule has 2 rings (SSSR count). The molecule has 1 aliphatic heterocycles. The highest BCUT2D eigenvalue weighted by molar-refractivity contribution is 5.66. The quantitative estimate of drug-likeness (QED) is 0.310. The van der Waals surface area contributed by atoms with Gasteiger partial charge < -0.3 is 14.6 Å². The number of carboxylic acids is 1. The summed E-state index contributed by atoms with van der Waals surface area (Å²) in [5, 5.41) is 17.4. The Kier molecular flexibility index (Phi) is 9.43. The fourth-order valence-corrected chi connectivity index (χ4v) is 4.14. The fraction of sp³-hybridized carbons (Fsp3) is 0.615. The van der Waals surface area contributed by atoms with Crippen molar-refractivity contribution in [1.29, 1.82) is 5.26 Å². The number of nitriles is 1. The fourth-order valence-electron chi connectivity index (χ4n) is 4.14. The number of fused-ring (bicyclic) bond motifs is 1. The number of unbranched alkanes of at least 4 members (excludes halogenated alkanes) is 5. The molecular formula is C26H37NO4. The van der Waals surface area contributed by atoms with Crippen molar-refractivity contribution in [1.82, 2.24) is 0 Å². The van der Waals surface area contributed by atoms with Gasteiger partial charge in [-0.2, -0.15) is 5.26 Å². The third-order valence-corrected chi connectivity index (χ3v) is 6.18. The molecule has 1 unspecified atom stereocenters. The van der Waals surface area contributed by atoms with Crippen molar-refractivity contribution in [3.8, 4) is 17.6 Å². The molecule has 0 saturated carbocycles. The molecule has 0 aromatic heterocycles. The third-order valence-electron chi connectivity index (χ3n) is 6.18. The average molecular weight is 428 g/mol. The number of rotatable bonds is 12. The molecule has 0 radical (unpaired) electrons. The number of hydrogen-bond acceptors (Lipinski definition) is 4. The highest BCUT2D eigenvalue weighted by atomic mass is 16.5. The van der Waals surface area contributed by atoms with Crippen molar-refractivity contribution in [2.24, 2.45) is 0 Å². The van der Waals surface area contributed by atoms with Gasteiger partial charge in [-0.1, -0.05) is 18.9 Å². The largest absolute Gasteiger partial charge is 0.493 e. The van der Waals surface area contributed by atoms with Gasteiger partial charge in [-0.25, -0.2) is 0 Å². The predicted molar refractivity (Wildman–Crippen MR) is 123 cm³/mol. The van der Waals surface area contributed by atoms with E-state index in [1.807, 2.05) is 6.92 Å². The topological polar surface area (TPSA) is 79.5 Å². The third kappa shape index (κ3) is 7.02. The number of carboxylic acid groups (broad SMARTS) is 1. The molecule has 0 bridgehead atoms. The van der Waals surface area contributed by atoms with Gasteiger partial charge in [-0.15, -0.1) is 0 Å². The van der Waals surface area contributed by atoms with Gasteiger partial charge in [0.05, 0.1) is 12.7 Å². The monoisotopic (exact) mass is 427 g/mol. The molecule has 1 heterocycles. The van der Waals surface area contributed by atoms with E-state index in [0.717, 1.165) is 66.7 Å². The second kappa shape index (κ2) is 11.8. The van der Waals surface area contributed by atoms with E-state index in [1.54, 1.807) is 0 Å². The van der Waals surface area contributed by atoms with Crippen molar-refractivity contribution in [2.75, 3.05) is 6.61 Å². The molecule has 1 atom stereocenters. The van der Waals surface area contributed by atoms with E-state index in [2.05, 4.69) is 39.0 Å². The highest BCUT2D eigenvalue weighted by Gasteiger charge is 2.32. The lowest BCUT2D eigenvalue weighted by Gasteiger charge is -2.36. The van der Waals surface area contributed by atoms with Crippen LogP contribution in [0.5, 0.6) is 11.5 Å². The molecule has 0 amide bonds. The first kappa shape index (κ1) is 24.8. The maximum Gasteiger partial charge on any atom is 0.303 e. The first-order valence-electron chi connectivity index (χ1n) is 11.5. The SMILES string of the molecule is Cc1c(C)c2c(c(C)c1OCCCC(=O)O)CCC(C)(/C=C/CCCCCCC#N)O2. The molecule has 1 aliphatic rings. The Morgan fingerprint density at radius 1 is 1.16 bits per heavy atom. The van der Waals surface area contributed by atoms with E-state index in [4.69, 9.17) is 19.8 Å². The van der Waals surface area contributed by atoms with Gasteiger partial charge in [0.1, 0.15) is 17.1 Å². The van der Waals surface area contributed by atoms with Crippen LogP contribution in [0.25, 0.3) is 0 Å². The average Bonchev–Trinajstić information content (AvgIpc) is 2.73. The Morgan fingerprint density at radius 2 is 1.90 bits per heavy atom. The maximum absolute atomic E-state index is 10.7. The minimum absolute atomic E-state index is 0.121. The minimum atomic E-state index is -0.793. The summed E-state index contributed by atoms with van der Waals surface area (Å²) in [6.45, 7) is 8.76. The van der Waals surface area contributed by atoms with Gasteiger partial charge in [0, 0.05) is 18.4 Å². The van der Waals surface area contributed by atoms with E-state index in [0.29, 0.717) is 19.4 Å². The van der Waals surface area contributed by atoms with Crippen molar-refractivity contribution >= 4 is 5.97 Å². The zero-order valence-corrected chi connectivity index (χ0v) is 19.6. The lowest BCUT2D eigenvalue weighted by Crippen LogP contribution is -2.35. The first-order chi connectivity index (χ1) is 14.8. The molecule has 0 aliphatic carbocycles. The highest BCUT2D eigenvalue weighted by Crippen LogP contribution is 2.44. The molecule has 5 heteroatoms. The molecular weight excluding hydrogens is 390 g/mol. The van der Waals surface area contributed by atoms with Crippen molar-refractivity contribution in [3.05, 3.63) is 34.4 Å². The van der Waals surface area contributed by atoms with E-state index >= 15 is 0 Å². The number of hydrogen-bond donors (Lipinski definition) is 1. The Bertz CT molecular complexity index is 837. The van der Waals surface area contributed by atoms with Crippen LogP contribution < -0.4 is 9.47 Å².